The lowest BCUT2D eigenvalue weighted by molar-refractivity contribution is 0.632. The second-order valence-corrected chi connectivity index (χ2v) is 7.07. The fourth-order valence-corrected chi connectivity index (χ4v) is 3.88. The van der Waals surface area contributed by atoms with Crippen LogP contribution in [0.4, 0.5) is 0 Å². The summed E-state index contributed by atoms with van der Waals surface area (Å²) in [5, 5.41) is 0.797. The number of benzene rings is 1. The average Bonchev–Trinajstić information content (AvgIpc) is 2.98. The third-order valence-corrected chi connectivity index (χ3v) is 5.20. The molecule has 132 valence electrons. The molecule has 0 aliphatic rings. The van der Waals surface area contributed by atoms with Gasteiger partial charge in [0.25, 0.3) is 5.56 Å². The normalized spacial score (nSPS) is 11.3. The smallest absolute Gasteiger partial charge is 0.313 e. The molecule has 0 saturated carbocycles. The van der Waals surface area contributed by atoms with E-state index < -0.39 is 0 Å². The minimum atomic E-state index is -0.348. The van der Waals surface area contributed by atoms with Gasteiger partial charge in [0, 0.05) is 26.4 Å². The molecule has 0 radical (unpaired) electrons. The molecular formula is C18H22N4O2S. The molecule has 6 nitrogen and oxygen atoms in total. The first-order chi connectivity index (χ1) is 12.0. The minimum absolute atomic E-state index is 0.283. The molecule has 2 aromatic heterocycles. The third-order valence-electron chi connectivity index (χ3n) is 4.22. The molecule has 0 bridgehead atoms. The Hall–Kier alpha value is -2.28. The van der Waals surface area contributed by atoms with Gasteiger partial charge in [0.1, 0.15) is 0 Å². The van der Waals surface area contributed by atoms with E-state index in [0.29, 0.717) is 17.7 Å². The summed E-state index contributed by atoms with van der Waals surface area (Å²) in [4.78, 5) is 29.3. The van der Waals surface area contributed by atoms with Gasteiger partial charge in [-0.15, -0.1) is 0 Å². The zero-order valence-electron chi connectivity index (χ0n) is 14.7. The summed E-state index contributed by atoms with van der Waals surface area (Å²) in [5.41, 5.74) is 1.61. The van der Waals surface area contributed by atoms with E-state index in [4.69, 9.17) is 0 Å². The van der Waals surface area contributed by atoms with Crippen LogP contribution in [-0.2, 0) is 27.1 Å². The van der Waals surface area contributed by atoms with E-state index in [1.54, 1.807) is 18.8 Å². The summed E-state index contributed by atoms with van der Waals surface area (Å²) in [6.45, 7) is 2.77. The first-order valence-corrected chi connectivity index (χ1v) is 9.36. The van der Waals surface area contributed by atoms with E-state index in [-0.39, 0.29) is 11.2 Å². The fraction of sp³-hybridized carbons (Fsp3) is 0.389. The highest BCUT2D eigenvalue weighted by Gasteiger charge is 2.18. The monoisotopic (exact) mass is 358 g/mol. The van der Waals surface area contributed by atoms with Crippen LogP contribution in [0.3, 0.4) is 0 Å². The number of aromatic nitrogens is 4. The summed E-state index contributed by atoms with van der Waals surface area (Å²) < 4.78 is 4.55. The van der Waals surface area contributed by atoms with Crippen molar-refractivity contribution in [1.82, 2.24) is 18.7 Å². The number of aryl methyl sites for hydroxylation is 3. The number of thioether (sulfide) groups is 1. The highest BCUT2D eigenvalue weighted by Crippen LogP contribution is 2.23. The van der Waals surface area contributed by atoms with E-state index >= 15 is 0 Å². The van der Waals surface area contributed by atoms with Gasteiger partial charge < -0.3 is 4.57 Å². The van der Waals surface area contributed by atoms with Crippen molar-refractivity contribution in [3.8, 4) is 0 Å². The van der Waals surface area contributed by atoms with E-state index in [9.17, 15) is 9.59 Å². The van der Waals surface area contributed by atoms with Crippen molar-refractivity contribution in [2.24, 2.45) is 14.1 Å². The van der Waals surface area contributed by atoms with Gasteiger partial charge in [-0.3, -0.25) is 13.9 Å². The van der Waals surface area contributed by atoms with Crippen LogP contribution >= 0.6 is 11.8 Å². The molecule has 0 N–H and O–H groups in total. The summed E-state index contributed by atoms with van der Waals surface area (Å²) >= 11 is 1.63. The number of hydrogen-bond acceptors (Lipinski definition) is 4. The summed E-state index contributed by atoms with van der Waals surface area (Å²) in [5.74, 6) is 0.866. The fourth-order valence-electron chi connectivity index (χ4n) is 2.87. The number of rotatable bonds is 6. The van der Waals surface area contributed by atoms with Crippen molar-refractivity contribution in [2.45, 2.75) is 31.5 Å². The van der Waals surface area contributed by atoms with Crippen molar-refractivity contribution in [1.29, 1.82) is 0 Å². The van der Waals surface area contributed by atoms with Gasteiger partial charge in [0.05, 0.1) is 0 Å². The topological polar surface area (TPSA) is 61.8 Å². The maximum atomic E-state index is 12.6. The molecule has 0 saturated heterocycles. The highest BCUT2D eigenvalue weighted by atomic mass is 32.2. The van der Waals surface area contributed by atoms with E-state index in [0.717, 1.165) is 28.3 Å². The molecule has 3 aromatic rings. The van der Waals surface area contributed by atoms with Crippen molar-refractivity contribution in [3.05, 3.63) is 56.7 Å². The number of hydrogen-bond donors (Lipinski definition) is 0. The van der Waals surface area contributed by atoms with Crippen LogP contribution in [0.5, 0.6) is 0 Å². The molecule has 0 aliphatic carbocycles. The van der Waals surface area contributed by atoms with Crippen LogP contribution in [0.25, 0.3) is 11.2 Å². The molecule has 25 heavy (non-hydrogen) atoms. The van der Waals surface area contributed by atoms with Gasteiger partial charge in [-0.25, -0.2) is 9.78 Å². The van der Waals surface area contributed by atoms with Crippen molar-refractivity contribution < 1.29 is 0 Å². The maximum Gasteiger partial charge on any atom is 0.332 e. The molecule has 0 atom stereocenters. The molecule has 0 fully saturated rings. The lowest BCUT2D eigenvalue weighted by Crippen LogP contribution is -2.37. The van der Waals surface area contributed by atoms with Crippen LogP contribution in [0.1, 0.15) is 18.9 Å². The van der Waals surface area contributed by atoms with Crippen LogP contribution in [-0.4, -0.2) is 24.4 Å². The Kier molecular flexibility index (Phi) is 5.13. The number of imidazole rings is 1. The Balaban J connectivity index is 1.98. The standard InChI is InChI=1S/C18H22N4O2S/c1-4-11-22-14-15(20(2)18(24)21(3)16(14)23)19-17(22)25-12-10-13-8-6-5-7-9-13/h5-9H,4,10-12H2,1-3H3. The zero-order chi connectivity index (χ0) is 18.0. The molecular weight excluding hydrogens is 336 g/mol. The number of nitrogens with zero attached hydrogens (tertiary/aromatic N) is 4. The zero-order valence-corrected chi connectivity index (χ0v) is 15.5. The van der Waals surface area contributed by atoms with E-state index in [1.807, 2.05) is 22.8 Å². The van der Waals surface area contributed by atoms with Gasteiger partial charge in [-0.1, -0.05) is 49.0 Å². The van der Waals surface area contributed by atoms with Crippen molar-refractivity contribution >= 4 is 22.9 Å². The average molecular weight is 358 g/mol. The van der Waals surface area contributed by atoms with Gasteiger partial charge in [0.15, 0.2) is 16.3 Å². The van der Waals surface area contributed by atoms with E-state index in [2.05, 4.69) is 24.0 Å². The molecule has 0 spiro atoms. The van der Waals surface area contributed by atoms with Crippen molar-refractivity contribution in [2.75, 3.05) is 5.75 Å². The highest BCUT2D eigenvalue weighted by molar-refractivity contribution is 7.99. The summed E-state index contributed by atoms with van der Waals surface area (Å²) in [7, 11) is 3.17. The first-order valence-electron chi connectivity index (χ1n) is 8.37. The van der Waals surface area contributed by atoms with Crippen LogP contribution in [0, 0.1) is 0 Å². The minimum Gasteiger partial charge on any atom is -0.313 e. The second kappa shape index (κ2) is 7.31. The first kappa shape index (κ1) is 17.5. The molecule has 0 unspecified atom stereocenters. The van der Waals surface area contributed by atoms with Crippen LogP contribution < -0.4 is 11.2 Å². The Labute approximate surface area is 150 Å². The number of fused-ring (bicyclic) bond motifs is 1. The molecule has 0 amide bonds. The van der Waals surface area contributed by atoms with Crippen LogP contribution in [0.2, 0.25) is 0 Å². The Morgan fingerprint density at radius 2 is 1.80 bits per heavy atom. The summed E-state index contributed by atoms with van der Waals surface area (Å²) in [6, 6.07) is 10.3. The quantitative estimate of drug-likeness (QED) is 0.634. The second-order valence-electron chi connectivity index (χ2n) is 6.01. The maximum absolute atomic E-state index is 12.6. The summed E-state index contributed by atoms with van der Waals surface area (Å²) in [6.07, 6.45) is 1.82. The van der Waals surface area contributed by atoms with E-state index in [1.165, 1.54) is 17.2 Å². The van der Waals surface area contributed by atoms with Gasteiger partial charge in [0.2, 0.25) is 0 Å². The van der Waals surface area contributed by atoms with Gasteiger partial charge in [-0.05, 0) is 18.4 Å². The third kappa shape index (κ3) is 3.28. The molecule has 7 heteroatoms. The molecule has 2 heterocycles. The predicted octanol–water partition coefficient (Wildman–Crippen LogP) is 2.18. The van der Waals surface area contributed by atoms with Gasteiger partial charge >= 0.3 is 5.69 Å². The van der Waals surface area contributed by atoms with Crippen molar-refractivity contribution in [3.63, 3.8) is 0 Å². The molecule has 3 rings (SSSR count). The Morgan fingerprint density at radius 3 is 2.48 bits per heavy atom. The lowest BCUT2D eigenvalue weighted by Gasteiger charge is -2.08. The molecule has 1 aromatic carbocycles. The molecule has 0 aliphatic heterocycles. The Bertz CT molecular complexity index is 1000. The van der Waals surface area contributed by atoms with Crippen LogP contribution in [0.15, 0.2) is 45.1 Å². The largest absolute Gasteiger partial charge is 0.332 e. The van der Waals surface area contributed by atoms with Gasteiger partial charge in [-0.2, -0.15) is 0 Å². The lowest BCUT2D eigenvalue weighted by atomic mass is 10.2. The Morgan fingerprint density at radius 1 is 1.08 bits per heavy atom. The predicted molar refractivity (Wildman–Crippen MR) is 101 cm³/mol. The SMILES string of the molecule is CCCn1c(SCCc2ccccc2)nc2c1c(=O)n(C)c(=O)n2C.